The van der Waals surface area contributed by atoms with Crippen molar-refractivity contribution in [1.82, 2.24) is 9.97 Å². The molecular formula is C13H14FN3. The fourth-order valence-corrected chi connectivity index (χ4v) is 1.73. The first-order valence-corrected chi connectivity index (χ1v) is 5.50. The number of benzene rings is 1. The van der Waals surface area contributed by atoms with E-state index < -0.39 is 0 Å². The molecule has 0 amide bonds. The SMILES string of the molecule is CCc1nc(N)cc(-c2ccc(F)cc2C)n1. The van der Waals surface area contributed by atoms with E-state index in [1.807, 2.05) is 13.8 Å². The molecule has 4 heteroatoms. The van der Waals surface area contributed by atoms with Crippen molar-refractivity contribution in [3.63, 3.8) is 0 Å². The molecular weight excluding hydrogens is 217 g/mol. The van der Waals surface area contributed by atoms with Crippen LogP contribution in [0.3, 0.4) is 0 Å². The zero-order chi connectivity index (χ0) is 12.4. The summed E-state index contributed by atoms with van der Waals surface area (Å²) < 4.78 is 13.0. The lowest BCUT2D eigenvalue weighted by Crippen LogP contribution is -2.00. The van der Waals surface area contributed by atoms with Crippen LogP contribution in [0.2, 0.25) is 0 Å². The highest BCUT2D eigenvalue weighted by Crippen LogP contribution is 2.23. The molecule has 2 rings (SSSR count). The van der Waals surface area contributed by atoms with Gasteiger partial charge in [-0.3, -0.25) is 0 Å². The second-order valence-corrected chi connectivity index (χ2v) is 3.91. The van der Waals surface area contributed by atoms with Gasteiger partial charge in [0.25, 0.3) is 0 Å². The van der Waals surface area contributed by atoms with Gasteiger partial charge in [0, 0.05) is 18.1 Å². The largest absolute Gasteiger partial charge is 0.384 e. The number of nitrogen functional groups attached to an aromatic ring is 1. The zero-order valence-electron chi connectivity index (χ0n) is 9.87. The summed E-state index contributed by atoms with van der Waals surface area (Å²) in [5, 5.41) is 0. The third-order valence-corrected chi connectivity index (χ3v) is 2.57. The minimum atomic E-state index is -0.246. The van der Waals surface area contributed by atoms with E-state index in [0.717, 1.165) is 23.2 Å². The molecule has 0 saturated carbocycles. The van der Waals surface area contributed by atoms with Crippen LogP contribution in [-0.2, 0) is 6.42 Å². The molecule has 2 N–H and O–H groups in total. The van der Waals surface area contributed by atoms with Gasteiger partial charge in [-0.05, 0) is 30.7 Å². The molecule has 0 spiro atoms. The Hall–Kier alpha value is -1.97. The van der Waals surface area contributed by atoms with Crippen molar-refractivity contribution in [2.45, 2.75) is 20.3 Å². The monoisotopic (exact) mass is 231 g/mol. The third-order valence-electron chi connectivity index (χ3n) is 2.57. The first kappa shape index (κ1) is 11.5. The maximum absolute atomic E-state index is 13.0. The molecule has 0 atom stereocenters. The molecule has 1 heterocycles. The topological polar surface area (TPSA) is 51.8 Å². The number of nitrogens with zero attached hydrogens (tertiary/aromatic N) is 2. The van der Waals surface area contributed by atoms with Crippen molar-refractivity contribution in [3.8, 4) is 11.3 Å². The van der Waals surface area contributed by atoms with Gasteiger partial charge < -0.3 is 5.73 Å². The van der Waals surface area contributed by atoms with Crippen LogP contribution in [0.4, 0.5) is 10.2 Å². The number of nitrogens with two attached hydrogens (primary N) is 1. The van der Waals surface area contributed by atoms with Crippen LogP contribution in [0.15, 0.2) is 24.3 Å². The van der Waals surface area contributed by atoms with Crippen LogP contribution in [0, 0.1) is 12.7 Å². The Balaban J connectivity index is 2.55. The minimum absolute atomic E-state index is 0.246. The minimum Gasteiger partial charge on any atom is -0.384 e. The van der Waals surface area contributed by atoms with Crippen molar-refractivity contribution in [3.05, 3.63) is 41.5 Å². The highest BCUT2D eigenvalue weighted by Gasteiger charge is 2.07. The van der Waals surface area contributed by atoms with Gasteiger partial charge in [0.2, 0.25) is 0 Å². The third kappa shape index (κ3) is 2.41. The van der Waals surface area contributed by atoms with Crippen molar-refractivity contribution < 1.29 is 4.39 Å². The summed E-state index contributed by atoms with van der Waals surface area (Å²) in [6.45, 7) is 3.82. The molecule has 0 radical (unpaired) electrons. The number of anilines is 1. The van der Waals surface area contributed by atoms with E-state index >= 15 is 0 Å². The summed E-state index contributed by atoms with van der Waals surface area (Å²) in [6, 6.07) is 6.33. The highest BCUT2D eigenvalue weighted by molar-refractivity contribution is 5.65. The number of hydrogen-bond donors (Lipinski definition) is 1. The maximum atomic E-state index is 13.0. The van der Waals surface area contributed by atoms with Crippen LogP contribution < -0.4 is 5.73 Å². The van der Waals surface area contributed by atoms with E-state index in [-0.39, 0.29) is 5.82 Å². The predicted molar refractivity (Wildman–Crippen MR) is 66.0 cm³/mol. The van der Waals surface area contributed by atoms with Crippen molar-refractivity contribution >= 4 is 5.82 Å². The van der Waals surface area contributed by atoms with E-state index in [1.54, 1.807) is 12.1 Å². The van der Waals surface area contributed by atoms with Gasteiger partial charge in [0.05, 0.1) is 5.69 Å². The normalized spacial score (nSPS) is 10.5. The van der Waals surface area contributed by atoms with E-state index in [4.69, 9.17) is 5.73 Å². The summed E-state index contributed by atoms with van der Waals surface area (Å²) >= 11 is 0. The molecule has 0 unspecified atom stereocenters. The summed E-state index contributed by atoms with van der Waals surface area (Å²) in [6.07, 6.45) is 0.721. The average Bonchev–Trinajstić information content (AvgIpc) is 2.28. The summed E-state index contributed by atoms with van der Waals surface area (Å²) in [4.78, 5) is 8.52. The second-order valence-electron chi connectivity index (χ2n) is 3.91. The van der Waals surface area contributed by atoms with Gasteiger partial charge in [-0.15, -0.1) is 0 Å². The molecule has 88 valence electrons. The van der Waals surface area contributed by atoms with Gasteiger partial charge in [-0.2, -0.15) is 0 Å². The van der Waals surface area contributed by atoms with Crippen LogP contribution in [-0.4, -0.2) is 9.97 Å². The predicted octanol–water partition coefficient (Wildman–Crippen LogP) is 2.74. The van der Waals surface area contributed by atoms with Gasteiger partial charge >= 0.3 is 0 Å². The number of halogens is 1. The maximum Gasteiger partial charge on any atom is 0.131 e. The Morgan fingerprint density at radius 1 is 1.24 bits per heavy atom. The standard InChI is InChI=1S/C13H14FN3/c1-3-13-16-11(7-12(15)17-13)10-5-4-9(14)6-8(10)2/h4-7H,3H2,1-2H3,(H2,15,16,17). The van der Waals surface area contributed by atoms with Gasteiger partial charge in [-0.25, -0.2) is 14.4 Å². The van der Waals surface area contributed by atoms with Crippen molar-refractivity contribution in [2.24, 2.45) is 0 Å². The molecule has 1 aromatic heterocycles. The Labute approximate surface area is 99.5 Å². The Bertz CT molecular complexity index is 552. The lowest BCUT2D eigenvalue weighted by atomic mass is 10.1. The van der Waals surface area contributed by atoms with Crippen molar-refractivity contribution in [1.29, 1.82) is 0 Å². The first-order chi connectivity index (χ1) is 8.10. The van der Waals surface area contributed by atoms with E-state index in [9.17, 15) is 4.39 Å². The number of aryl methyl sites for hydroxylation is 2. The fourth-order valence-electron chi connectivity index (χ4n) is 1.73. The van der Waals surface area contributed by atoms with Gasteiger partial charge in [0.1, 0.15) is 17.5 Å². The molecule has 0 aliphatic heterocycles. The molecule has 0 aliphatic carbocycles. The quantitative estimate of drug-likeness (QED) is 0.864. The van der Waals surface area contributed by atoms with Gasteiger partial charge in [-0.1, -0.05) is 6.92 Å². The molecule has 1 aromatic carbocycles. The van der Waals surface area contributed by atoms with Crippen LogP contribution in [0.1, 0.15) is 18.3 Å². The molecule has 2 aromatic rings. The average molecular weight is 231 g/mol. The number of aromatic nitrogens is 2. The molecule has 0 saturated heterocycles. The van der Waals surface area contributed by atoms with Crippen LogP contribution in [0.25, 0.3) is 11.3 Å². The van der Waals surface area contributed by atoms with E-state index in [1.165, 1.54) is 12.1 Å². The highest BCUT2D eigenvalue weighted by atomic mass is 19.1. The first-order valence-electron chi connectivity index (χ1n) is 5.50. The Morgan fingerprint density at radius 3 is 2.65 bits per heavy atom. The van der Waals surface area contributed by atoms with Crippen LogP contribution >= 0.6 is 0 Å². The molecule has 0 fully saturated rings. The van der Waals surface area contributed by atoms with Crippen LogP contribution in [0.5, 0.6) is 0 Å². The smallest absolute Gasteiger partial charge is 0.131 e. The molecule has 3 nitrogen and oxygen atoms in total. The summed E-state index contributed by atoms with van der Waals surface area (Å²) in [7, 11) is 0. The van der Waals surface area contributed by atoms with E-state index in [0.29, 0.717) is 11.6 Å². The number of hydrogen-bond acceptors (Lipinski definition) is 3. The van der Waals surface area contributed by atoms with E-state index in [2.05, 4.69) is 9.97 Å². The summed E-state index contributed by atoms with van der Waals surface area (Å²) in [5.41, 5.74) is 8.19. The molecule has 0 aliphatic rings. The van der Waals surface area contributed by atoms with Crippen molar-refractivity contribution in [2.75, 3.05) is 5.73 Å². The lowest BCUT2D eigenvalue weighted by molar-refractivity contribution is 0.627. The molecule has 17 heavy (non-hydrogen) atoms. The summed E-state index contributed by atoms with van der Waals surface area (Å²) in [5.74, 6) is 0.892. The number of rotatable bonds is 2. The fraction of sp³-hybridized carbons (Fsp3) is 0.231. The Kier molecular flexibility index (Phi) is 3.04. The van der Waals surface area contributed by atoms with Gasteiger partial charge in [0.15, 0.2) is 0 Å². The lowest BCUT2D eigenvalue weighted by Gasteiger charge is -2.07. The Morgan fingerprint density at radius 2 is 2.00 bits per heavy atom. The molecule has 0 bridgehead atoms. The zero-order valence-corrected chi connectivity index (χ0v) is 9.87. The second kappa shape index (κ2) is 4.49.